The van der Waals surface area contributed by atoms with Gasteiger partial charge in [0.2, 0.25) is 5.43 Å². The molecule has 0 unspecified atom stereocenters. The van der Waals surface area contributed by atoms with Crippen LogP contribution < -0.4 is 11.2 Å². The monoisotopic (exact) mass is 208 g/mol. The number of pyridine rings is 1. The van der Waals surface area contributed by atoms with Gasteiger partial charge in [0.1, 0.15) is 0 Å². The number of rotatable bonds is 4. The number of anilines is 1. The lowest BCUT2D eigenvalue weighted by atomic mass is 9.96. The molecule has 4 heteroatoms. The number of hydrogen-bond donors (Lipinski definition) is 1. The maximum atomic E-state index is 11.0. The van der Waals surface area contributed by atoms with Gasteiger partial charge in [0.25, 0.3) is 0 Å². The van der Waals surface area contributed by atoms with Crippen molar-refractivity contribution in [3.8, 4) is 0 Å². The van der Waals surface area contributed by atoms with Gasteiger partial charge < -0.3 is 15.0 Å². The van der Waals surface area contributed by atoms with Crippen molar-refractivity contribution in [1.29, 1.82) is 0 Å². The normalized spacial score (nSPS) is 16.3. The van der Waals surface area contributed by atoms with Gasteiger partial charge in [-0.15, -0.1) is 0 Å². The number of nitrogens with zero attached hydrogens (tertiary/aromatic N) is 1. The van der Waals surface area contributed by atoms with Gasteiger partial charge in [-0.05, 0) is 19.3 Å². The van der Waals surface area contributed by atoms with E-state index in [1.165, 1.54) is 25.3 Å². The third-order valence-corrected chi connectivity index (χ3v) is 2.76. The van der Waals surface area contributed by atoms with Gasteiger partial charge in [-0.1, -0.05) is 0 Å². The molecule has 1 aliphatic carbocycles. The Bertz CT molecular complexity index is 382. The summed E-state index contributed by atoms with van der Waals surface area (Å²) in [5.41, 5.74) is 5.69. The molecule has 1 aromatic rings. The molecular formula is C11H16N2O2. The highest BCUT2D eigenvalue weighted by molar-refractivity contribution is 5.33. The lowest BCUT2D eigenvalue weighted by Crippen LogP contribution is -2.23. The van der Waals surface area contributed by atoms with E-state index in [9.17, 15) is 4.79 Å². The van der Waals surface area contributed by atoms with E-state index in [1.807, 2.05) is 4.57 Å². The van der Waals surface area contributed by atoms with Crippen LogP contribution in [-0.2, 0) is 11.3 Å². The first-order chi connectivity index (χ1) is 7.25. The summed E-state index contributed by atoms with van der Waals surface area (Å²) in [4.78, 5) is 11.0. The largest absolute Gasteiger partial charge is 0.394 e. The molecule has 1 heterocycles. The van der Waals surface area contributed by atoms with Gasteiger partial charge in [0.15, 0.2) is 0 Å². The summed E-state index contributed by atoms with van der Waals surface area (Å²) in [6.07, 6.45) is 7.52. The van der Waals surface area contributed by atoms with Crippen LogP contribution >= 0.6 is 0 Å². The van der Waals surface area contributed by atoms with Crippen LogP contribution in [0.2, 0.25) is 0 Å². The lowest BCUT2D eigenvalue weighted by molar-refractivity contribution is -0.00135. The molecule has 0 saturated heterocycles. The molecule has 0 bridgehead atoms. The molecule has 82 valence electrons. The van der Waals surface area contributed by atoms with E-state index in [2.05, 4.69) is 0 Å². The molecule has 2 rings (SSSR count). The average molecular weight is 208 g/mol. The molecule has 0 spiro atoms. The molecule has 0 atom stereocenters. The highest BCUT2D eigenvalue weighted by atomic mass is 16.5. The maximum absolute atomic E-state index is 11.0. The Labute approximate surface area is 88.7 Å². The fourth-order valence-electron chi connectivity index (χ4n) is 1.55. The van der Waals surface area contributed by atoms with Crippen molar-refractivity contribution in [3.05, 3.63) is 28.7 Å². The predicted octanol–water partition coefficient (Wildman–Crippen LogP) is 1.000. The Morgan fingerprint density at radius 1 is 1.53 bits per heavy atom. The summed E-state index contributed by atoms with van der Waals surface area (Å²) < 4.78 is 7.50. The SMILES string of the molecule is Nc1cn(CCOC2CCC2)ccc1=O. The molecule has 2 N–H and O–H groups in total. The van der Waals surface area contributed by atoms with E-state index in [0.717, 1.165) is 6.54 Å². The molecule has 1 fully saturated rings. The molecule has 0 aliphatic heterocycles. The van der Waals surface area contributed by atoms with Crippen molar-refractivity contribution in [2.24, 2.45) is 0 Å². The summed E-state index contributed by atoms with van der Waals surface area (Å²) in [5, 5.41) is 0. The first kappa shape index (κ1) is 10.2. The Morgan fingerprint density at radius 3 is 2.93 bits per heavy atom. The van der Waals surface area contributed by atoms with Crippen LogP contribution in [0.3, 0.4) is 0 Å². The second kappa shape index (κ2) is 4.49. The number of ether oxygens (including phenoxy) is 1. The van der Waals surface area contributed by atoms with Crippen molar-refractivity contribution >= 4 is 5.69 Å². The van der Waals surface area contributed by atoms with Crippen LogP contribution in [0.25, 0.3) is 0 Å². The summed E-state index contributed by atoms with van der Waals surface area (Å²) in [6, 6.07) is 1.48. The van der Waals surface area contributed by atoms with E-state index < -0.39 is 0 Å². The van der Waals surface area contributed by atoms with Crippen LogP contribution in [0.4, 0.5) is 5.69 Å². The zero-order valence-corrected chi connectivity index (χ0v) is 8.69. The minimum atomic E-state index is -0.119. The second-order valence-corrected chi connectivity index (χ2v) is 3.93. The molecule has 4 nitrogen and oxygen atoms in total. The highest BCUT2D eigenvalue weighted by Crippen LogP contribution is 2.21. The fourth-order valence-corrected chi connectivity index (χ4v) is 1.55. The predicted molar refractivity (Wildman–Crippen MR) is 58.7 cm³/mol. The van der Waals surface area contributed by atoms with Crippen molar-refractivity contribution in [2.45, 2.75) is 31.9 Å². The number of nitrogens with two attached hydrogens (primary N) is 1. The quantitative estimate of drug-likeness (QED) is 0.803. The van der Waals surface area contributed by atoms with E-state index in [-0.39, 0.29) is 5.43 Å². The molecule has 0 amide bonds. The Hall–Kier alpha value is -1.29. The molecule has 1 aromatic heterocycles. The van der Waals surface area contributed by atoms with Crippen LogP contribution in [0, 0.1) is 0 Å². The summed E-state index contributed by atoms with van der Waals surface area (Å²) in [7, 11) is 0. The van der Waals surface area contributed by atoms with Crippen molar-refractivity contribution < 1.29 is 4.74 Å². The summed E-state index contributed by atoms with van der Waals surface area (Å²) >= 11 is 0. The first-order valence-electron chi connectivity index (χ1n) is 5.33. The van der Waals surface area contributed by atoms with Gasteiger partial charge in [-0.2, -0.15) is 0 Å². The Kier molecular flexibility index (Phi) is 3.06. The lowest BCUT2D eigenvalue weighted by Gasteiger charge is -2.25. The molecule has 1 saturated carbocycles. The fraction of sp³-hybridized carbons (Fsp3) is 0.545. The third kappa shape index (κ3) is 2.59. The van der Waals surface area contributed by atoms with Crippen molar-refractivity contribution in [3.63, 3.8) is 0 Å². The van der Waals surface area contributed by atoms with Crippen LogP contribution in [-0.4, -0.2) is 17.3 Å². The molecular weight excluding hydrogens is 192 g/mol. The summed E-state index contributed by atoms with van der Waals surface area (Å²) in [5.74, 6) is 0. The van der Waals surface area contributed by atoms with Gasteiger partial charge in [-0.3, -0.25) is 4.79 Å². The second-order valence-electron chi connectivity index (χ2n) is 3.93. The van der Waals surface area contributed by atoms with Crippen LogP contribution in [0.15, 0.2) is 23.3 Å². The van der Waals surface area contributed by atoms with E-state index >= 15 is 0 Å². The van der Waals surface area contributed by atoms with Gasteiger partial charge >= 0.3 is 0 Å². The van der Waals surface area contributed by atoms with Gasteiger partial charge in [-0.25, -0.2) is 0 Å². The molecule has 0 radical (unpaired) electrons. The molecule has 15 heavy (non-hydrogen) atoms. The number of hydrogen-bond acceptors (Lipinski definition) is 3. The molecule has 0 aromatic carbocycles. The average Bonchev–Trinajstić information content (AvgIpc) is 2.15. The van der Waals surface area contributed by atoms with Crippen LogP contribution in [0.5, 0.6) is 0 Å². The topological polar surface area (TPSA) is 57.2 Å². The van der Waals surface area contributed by atoms with Crippen LogP contribution in [0.1, 0.15) is 19.3 Å². The van der Waals surface area contributed by atoms with Gasteiger partial charge in [0, 0.05) is 25.0 Å². The van der Waals surface area contributed by atoms with E-state index in [1.54, 1.807) is 12.4 Å². The summed E-state index contributed by atoms with van der Waals surface area (Å²) in [6.45, 7) is 1.44. The minimum Gasteiger partial charge on any atom is -0.394 e. The third-order valence-electron chi connectivity index (χ3n) is 2.76. The van der Waals surface area contributed by atoms with E-state index in [0.29, 0.717) is 18.4 Å². The zero-order valence-electron chi connectivity index (χ0n) is 8.69. The van der Waals surface area contributed by atoms with E-state index in [4.69, 9.17) is 10.5 Å². The Morgan fingerprint density at radius 2 is 2.33 bits per heavy atom. The number of nitrogen functional groups attached to an aromatic ring is 1. The first-order valence-corrected chi connectivity index (χ1v) is 5.33. The zero-order chi connectivity index (χ0) is 10.7. The minimum absolute atomic E-state index is 0.119. The maximum Gasteiger partial charge on any atom is 0.204 e. The Balaban J connectivity index is 1.82. The van der Waals surface area contributed by atoms with Crippen molar-refractivity contribution in [2.75, 3.05) is 12.3 Å². The molecule has 1 aliphatic rings. The van der Waals surface area contributed by atoms with Crippen molar-refractivity contribution in [1.82, 2.24) is 4.57 Å². The highest BCUT2D eigenvalue weighted by Gasteiger charge is 2.17. The standard InChI is InChI=1S/C11H16N2O2/c12-10-8-13(5-4-11(10)14)6-7-15-9-2-1-3-9/h4-5,8-9H,1-3,6-7,12H2. The smallest absolute Gasteiger partial charge is 0.204 e. The van der Waals surface area contributed by atoms with Gasteiger partial charge in [0.05, 0.1) is 18.4 Å². The number of aromatic nitrogens is 1.